The zero-order chi connectivity index (χ0) is 14.8. The molecule has 2 rings (SSSR count). The molecule has 20 heavy (non-hydrogen) atoms. The van der Waals surface area contributed by atoms with Gasteiger partial charge in [-0.05, 0) is 31.2 Å². The second-order valence-corrected chi connectivity index (χ2v) is 3.81. The minimum Gasteiger partial charge on any atom is -0.439 e. The van der Waals surface area contributed by atoms with Crippen LogP contribution in [0.3, 0.4) is 0 Å². The van der Waals surface area contributed by atoms with Crippen LogP contribution >= 0.6 is 0 Å². The lowest BCUT2D eigenvalue weighted by Crippen LogP contribution is -2.16. The molecule has 0 spiro atoms. The molecule has 1 aromatic heterocycles. The first-order valence-corrected chi connectivity index (χ1v) is 5.46. The van der Waals surface area contributed by atoms with Crippen LogP contribution in [0.15, 0.2) is 30.6 Å². The van der Waals surface area contributed by atoms with Crippen LogP contribution in [0.4, 0.5) is 19.0 Å². The van der Waals surface area contributed by atoms with Gasteiger partial charge in [-0.2, -0.15) is 0 Å². The Morgan fingerprint density at radius 3 is 2.25 bits per heavy atom. The third kappa shape index (κ3) is 3.50. The highest BCUT2D eigenvalue weighted by Crippen LogP contribution is 2.28. The number of aromatic nitrogens is 2. The Morgan fingerprint density at radius 1 is 1.05 bits per heavy atom. The molecule has 0 aliphatic carbocycles. The number of hydrogen-bond donors (Lipinski definition) is 1. The van der Waals surface area contributed by atoms with Crippen LogP contribution in [-0.2, 0) is 0 Å². The molecule has 1 aromatic carbocycles. The molecule has 0 amide bonds. The van der Waals surface area contributed by atoms with Crippen LogP contribution in [0, 0.1) is 6.92 Å². The summed E-state index contributed by atoms with van der Waals surface area (Å²) in [6, 6.07) is 4.95. The van der Waals surface area contributed by atoms with Crippen LogP contribution in [0.2, 0.25) is 0 Å². The second-order valence-electron chi connectivity index (χ2n) is 3.81. The number of ether oxygens (including phenoxy) is 2. The van der Waals surface area contributed by atoms with Crippen LogP contribution in [-0.4, -0.2) is 16.3 Å². The predicted octanol–water partition coefficient (Wildman–Crippen LogP) is 3.06. The summed E-state index contributed by atoms with van der Waals surface area (Å²) in [5.41, 5.74) is 6.14. The molecule has 0 aliphatic rings. The Hall–Kier alpha value is -2.51. The van der Waals surface area contributed by atoms with Gasteiger partial charge >= 0.3 is 6.36 Å². The molecular formula is C12H10F3N3O2. The summed E-state index contributed by atoms with van der Waals surface area (Å²) in [4.78, 5) is 7.67. The first-order valence-electron chi connectivity index (χ1n) is 5.46. The van der Waals surface area contributed by atoms with Gasteiger partial charge in [0.15, 0.2) is 0 Å². The van der Waals surface area contributed by atoms with E-state index in [9.17, 15) is 13.2 Å². The minimum absolute atomic E-state index is 0.238. The molecular weight excluding hydrogens is 275 g/mol. The Kier molecular flexibility index (Phi) is 3.64. The monoisotopic (exact) mass is 285 g/mol. The van der Waals surface area contributed by atoms with E-state index in [0.717, 1.165) is 12.1 Å². The molecule has 0 aliphatic heterocycles. The van der Waals surface area contributed by atoms with Gasteiger partial charge in [0.1, 0.15) is 23.6 Å². The Labute approximate surface area is 112 Å². The lowest BCUT2D eigenvalue weighted by Gasteiger charge is -2.10. The normalized spacial score (nSPS) is 11.2. The van der Waals surface area contributed by atoms with Gasteiger partial charge in [0.2, 0.25) is 5.88 Å². The molecule has 1 heterocycles. The number of rotatable bonds is 3. The second kappa shape index (κ2) is 5.24. The highest BCUT2D eigenvalue weighted by atomic mass is 19.4. The van der Waals surface area contributed by atoms with Crippen molar-refractivity contribution in [1.82, 2.24) is 9.97 Å². The van der Waals surface area contributed by atoms with Gasteiger partial charge in [0, 0.05) is 0 Å². The van der Waals surface area contributed by atoms with Crippen LogP contribution in [0.5, 0.6) is 17.4 Å². The van der Waals surface area contributed by atoms with Gasteiger partial charge in [-0.25, -0.2) is 9.97 Å². The molecule has 2 aromatic rings. The molecule has 0 atom stereocenters. The van der Waals surface area contributed by atoms with Crippen LogP contribution < -0.4 is 15.2 Å². The first-order chi connectivity index (χ1) is 9.35. The number of anilines is 1. The molecule has 0 radical (unpaired) electrons. The van der Waals surface area contributed by atoms with Crippen molar-refractivity contribution in [2.24, 2.45) is 0 Å². The number of alkyl halides is 3. The Morgan fingerprint density at radius 2 is 1.65 bits per heavy atom. The van der Waals surface area contributed by atoms with E-state index >= 15 is 0 Å². The standard InChI is InChI=1S/C12H10F3N3O2/c1-7-10(16)17-6-18-11(7)19-8-2-4-9(5-3-8)20-12(13,14)15/h2-6H,1H3,(H2,16,17,18). The maximum atomic E-state index is 12.0. The van der Waals surface area contributed by atoms with Crippen molar-refractivity contribution in [3.8, 4) is 17.4 Å². The summed E-state index contributed by atoms with van der Waals surface area (Å²) in [6.07, 6.45) is -3.49. The molecule has 0 saturated heterocycles. The van der Waals surface area contributed by atoms with E-state index in [1.165, 1.54) is 18.5 Å². The van der Waals surface area contributed by atoms with Crippen molar-refractivity contribution in [2.45, 2.75) is 13.3 Å². The Bertz CT molecular complexity index is 600. The highest BCUT2D eigenvalue weighted by molar-refractivity contribution is 5.45. The molecule has 5 nitrogen and oxygen atoms in total. The maximum Gasteiger partial charge on any atom is 0.573 e. The summed E-state index contributed by atoms with van der Waals surface area (Å²) in [6.45, 7) is 1.67. The smallest absolute Gasteiger partial charge is 0.439 e. The predicted molar refractivity (Wildman–Crippen MR) is 64.4 cm³/mol. The summed E-state index contributed by atoms with van der Waals surface area (Å²) < 4.78 is 45.2. The summed E-state index contributed by atoms with van der Waals surface area (Å²) in [5, 5.41) is 0. The van der Waals surface area contributed by atoms with E-state index in [0.29, 0.717) is 11.3 Å². The number of hydrogen-bond acceptors (Lipinski definition) is 5. The van der Waals surface area contributed by atoms with Crippen LogP contribution in [0.25, 0.3) is 0 Å². The van der Waals surface area contributed by atoms with Gasteiger partial charge in [-0.1, -0.05) is 0 Å². The zero-order valence-electron chi connectivity index (χ0n) is 10.3. The third-order valence-electron chi connectivity index (χ3n) is 2.35. The maximum absolute atomic E-state index is 12.0. The lowest BCUT2D eigenvalue weighted by atomic mass is 10.3. The average Bonchev–Trinajstić information content (AvgIpc) is 2.35. The van der Waals surface area contributed by atoms with Crippen molar-refractivity contribution in [2.75, 3.05) is 5.73 Å². The summed E-state index contributed by atoms with van der Waals surface area (Å²) >= 11 is 0. The number of nitrogen functional groups attached to an aromatic ring is 1. The fraction of sp³-hybridized carbons (Fsp3) is 0.167. The van der Waals surface area contributed by atoms with Crippen LogP contribution in [0.1, 0.15) is 5.56 Å². The topological polar surface area (TPSA) is 70.3 Å². The minimum atomic E-state index is -4.72. The largest absolute Gasteiger partial charge is 0.573 e. The van der Waals surface area contributed by atoms with Crippen molar-refractivity contribution in [3.05, 3.63) is 36.2 Å². The molecule has 0 saturated carbocycles. The molecule has 106 valence electrons. The van der Waals surface area contributed by atoms with Crippen molar-refractivity contribution in [3.63, 3.8) is 0 Å². The zero-order valence-corrected chi connectivity index (χ0v) is 10.3. The van der Waals surface area contributed by atoms with Gasteiger partial charge in [-0.15, -0.1) is 13.2 Å². The number of nitrogens with zero attached hydrogens (tertiary/aromatic N) is 2. The molecule has 2 N–H and O–H groups in total. The fourth-order valence-electron chi connectivity index (χ4n) is 1.37. The number of benzene rings is 1. The van der Waals surface area contributed by atoms with E-state index < -0.39 is 6.36 Å². The average molecular weight is 285 g/mol. The molecule has 0 fully saturated rings. The van der Waals surface area contributed by atoms with E-state index in [-0.39, 0.29) is 17.4 Å². The van der Waals surface area contributed by atoms with E-state index in [2.05, 4.69) is 14.7 Å². The first kappa shape index (κ1) is 13.9. The molecule has 0 unspecified atom stereocenters. The molecule has 8 heteroatoms. The van der Waals surface area contributed by atoms with Crippen molar-refractivity contribution < 1.29 is 22.6 Å². The van der Waals surface area contributed by atoms with Crippen molar-refractivity contribution >= 4 is 5.82 Å². The van der Waals surface area contributed by atoms with Gasteiger partial charge in [0.25, 0.3) is 0 Å². The van der Waals surface area contributed by atoms with Crippen molar-refractivity contribution in [1.29, 1.82) is 0 Å². The highest BCUT2D eigenvalue weighted by Gasteiger charge is 2.30. The number of halogens is 3. The SMILES string of the molecule is Cc1c(N)ncnc1Oc1ccc(OC(F)(F)F)cc1. The number of nitrogens with two attached hydrogens (primary N) is 1. The Balaban J connectivity index is 2.13. The molecule has 0 bridgehead atoms. The quantitative estimate of drug-likeness (QED) is 0.938. The van der Waals surface area contributed by atoms with E-state index in [4.69, 9.17) is 10.5 Å². The third-order valence-corrected chi connectivity index (χ3v) is 2.35. The van der Waals surface area contributed by atoms with Gasteiger partial charge < -0.3 is 15.2 Å². The lowest BCUT2D eigenvalue weighted by molar-refractivity contribution is -0.274. The fourth-order valence-corrected chi connectivity index (χ4v) is 1.37. The van der Waals surface area contributed by atoms with E-state index in [1.54, 1.807) is 6.92 Å². The van der Waals surface area contributed by atoms with E-state index in [1.807, 2.05) is 0 Å². The summed E-state index contributed by atoms with van der Waals surface area (Å²) in [7, 11) is 0. The van der Waals surface area contributed by atoms with Gasteiger partial charge in [0.05, 0.1) is 5.56 Å². The van der Waals surface area contributed by atoms with Gasteiger partial charge in [-0.3, -0.25) is 0 Å². The summed E-state index contributed by atoms with van der Waals surface area (Å²) in [5.74, 6) is 0.485.